The number of carbonyl (C=O) groups excluding carboxylic acids is 1. The van der Waals surface area contributed by atoms with Crippen LogP contribution in [0.4, 0.5) is 0 Å². The molecule has 2 fully saturated rings. The van der Waals surface area contributed by atoms with Gasteiger partial charge in [0.25, 0.3) is 5.91 Å². The van der Waals surface area contributed by atoms with Crippen LogP contribution in [0, 0.1) is 11.8 Å². The molecule has 1 amide bonds. The van der Waals surface area contributed by atoms with Crippen LogP contribution in [0.1, 0.15) is 58.8 Å². The third kappa shape index (κ3) is 3.67. The molecule has 5 aliphatic rings. The Kier molecular flexibility index (Phi) is 5.38. The number of hydrogen-bond donors (Lipinski definition) is 2. The zero-order valence-electron chi connectivity index (χ0n) is 18.6. The van der Waals surface area contributed by atoms with Crippen molar-refractivity contribution in [2.24, 2.45) is 11.8 Å². The maximum atomic E-state index is 13.0. The number of piperidine rings is 1. The molecule has 0 aromatic heterocycles. The lowest BCUT2D eigenvalue weighted by atomic mass is 9.95. The summed E-state index contributed by atoms with van der Waals surface area (Å²) in [5.74, 6) is 4.31. The fraction of sp³-hybridized carbons (Fsp3) is 0.640. The molecule has 5 nitrogen and oxygen atoms in total. The molecule has 162 valence electrons. The molecule has 4 aliphatic heterocycles. The van der Waals surface area contributed by atoms with E-state index in [1.807, 2.05) is 4.90 Å². The summed E-state index contributed by atoms with van der Waals surface area (Å²) >= 11 is 0. The minimum atomic E-state index is 0.236. The zero-order valence-corrected chi connectivity index (χ0v) is 18.6. The number of rotatable bonds is 4. The highest BCUT2D eigenvalue weighted by Gasteiger charge is 2.38. The molecule has 30 heavy (non-hydrogen) atoms. The van der Waals surface area contributed by atoms with Gasteiger partial charge in [-0.1, -0.05) is 13.8 Å². The summed E-state index contributed by atoms with van der Waals surface area (Å²) in [7, 11) is 0. The maximum Gasteiger partial charge on any atom is 0.251 e. The van der Waals surface area contributed by atoms with Crippen LogP contribution >= 0.6 is 0 Å². The van der Waals surface area contributed by atoms with Gasteiger partial charge < -0.3 is 20.4 Å². The lowest BCUT2D eigenvalue weighted by Gasteiger charge is -2.39. The van der Waals surface area contributed by atoms with Crippen molar-refractivity contribution in [1.29, 1.82) is 0 Å². The molecule has 4 heterocycles. The van der Waals surface area contributed by atoms with Gasteiger partial charge in [-0.25, -0.2) is 0 Å². The first-order valence-corrected chi connectivity index (χ1v) is 12.1. The normalized spacial score (nSPS) is 29.0. The van der Waals surface area contributed by atoms with Crippen molar-refractivity contribution in [2.45, 2.75) is 58.8 Å². The summed E-state index contributed by atoms with van der Waals surface area (Å²) in [5.41, 5.74) is 5.38. The molecular formula is C25H36N4O. The Morgan fingerprint density at radius 1 is 1.07 bits per heavy atom. The van der Waals surface area contributed by atoms with Crippen LogP contribution in [0.5, 0.6) is 0 Å². The van der Waals surface area contributed by atoms with E-state index < -0.39 is 0 Å². The molecule has 0 aromatic rings. The van der Waals surface area contributed by atoms with Gasteiger partial charge >= 0.3 is 0 Å². The first-order valence-electron chi connectivity index (χ1n) is 12.1. The van der Waals surface area contributed by atoms with Crippen LogP contribution < -0.4 is 10.6 Å². The summed E-state index contributed by atoms with van der Waals surface area (Å²) in [6.45, 7) is 9.13. The van der Waals surface area contributed by atoms with Crippen LogP contribution in [0.25, 0.3) is 0 Å². The lowest BCUT2D eigenvalue weighted by Crippen LogP contribution is -2.45. The molecule has 2 unspecified atom stereocenters. The van der Waals surface area contributed by atoms with Gasteiger partial charge in [0, 0.05) is 38.3 Å². The Morgan fingerprint density at radius 2 is 1.87 bits per heavy atom. The molecule has 0 spiro atoms. The average Bonchev–Trinajstić information content (AvgIpc) is 3.54. The Hall–Kier alpha value is -2.17. The van der Waals surface area contributed by atoms with Crippen LogP contribution in [-0.4, -0.2) is 48.4 Å². The van der Waals surface area contributed by atoms with Crippen molar-refractivity contribution in [3.8, 4) is 0 Å². The number of nitrogens with zero attached hydrogens (tertiary/aromatic N) is 2. The number of hydrogen-bond acceptors (Lipinski definition) is 4. The van der Waals surface area contributed by atoms with Crippen molar-refractivity contribution in [1.82, 2.24) is 20.4 Å². The van der Waals surface area contributed by atoms with E-state index in [0.717, 1.165) is 75.7 Å². The number of nitrogens with one attached hydrogen (secondary N) is 2. The number of dihydropyridines is 2. The predicted octanol–water partition coefficient (Wildman–Crippen LogP) is 3.64. The van der Waals surface area contributed by atoms with E-state index in [1.54, 1.807) is 5.57 Å². The second-order valence-electron chi connectivity index (χ2n) is 9.61. The minimum absolute atomic E-state index is 0.236. The molecule has 0 aromatic carbocycles. The third-order valence-corrected chi connectivity index (χ3v) is 7.53. The monoisotopic (exact) mass is 408 g/mol. The number of allylic oxidation sites excluding steroid dienone is 4. The highest BCUT2D eigenvalue weighted by atomic mass is 16.2. The van der Waals surface area contributed by atoms with Gasteiger partial charge in [0.2, 0.25) is 0 Å². The lowest BCUT2D eigenvalue weighted by molar-refractivity contribution is -0.128. The van der Waals surface area contributed by atoms with Crippen molar-refractivity contribution in [2.75, 3.05) is 32.7 Å². The van der Waals surface area contributed by atoms with Crippen LogP contribution in [0.15, 0.2) is 46.1 Å². The van der Waals surface area contributed by atoms with Crippen LogP contribution in [0.2, 0.25) is 0 Å². The van der Waals surface area contributed by atoms with Gasteiger partial charge in [0.15, 0.2) is 0 Å². The van der Waals surface area contributed by atoms with E-state index in [9.17, 15) is 4.79 Å². The Balaban J connectivity index is 1.38. The van der Waals surface area contributed by atoms with Gasteiger partial charge in [-0.2, -0.15) is 0 Å². The third-order valence-electron chi connectivity index (χ3n) is 7.53. The van der Waals surface area contributed by atoms with Crippen molar-refractivity contribution in [3.63, 3.8) is 0 Å². The maximum absolute atomic E-state index is 13.0. The topological polar surface area (TPSA) is 47.6 Å². The highest BCUT2D eigenvalue weighted by molar-refractivity contribution is 5.94. The molecule has 5 rings (SSSR count). The fourth-order valence-corrected chi connectivity index (χ4v) is 5.59. The van der Waals surface area contributed by atoms with Gasteiger partial charge in [-0.3, -0.25) is 4.79 Å². The first kappa shape index (κ1) is 19.8. The van der Waals surface area contributed by atoms with E-state index in [1.165, 1.54) is 35.6 Å². The summed E-state index contributed by atoms with van der Waals surface area (Å²) in [4.78, 5) is 17.4. The molecule has 1 saturated heterocycles. The van der Waals surface area contributed by atoms with E-state index in [2.05, 4.69) is 41.5 Å². The van der Waals surface area contributed by atoms with Gasteiger partial charge in [-0.15, -0.1) is 0 Å². The predicted molar refractivity (Wildman–Crippen MR) is 120 cm³/mol. The second-order valence-corrected chi connectivity index (χ2v) is 9.61. The molecule has 0 bridgehead atoms. The van der Waals surface area contributed by atoms with E-state index in [0.29, 0.717) is 6.54 Å². The Bertz CT molecular complexity index is 843. The summed E-state index contributed by atoms with van der Waals surface area (Å²) in [6.07, 6.45) is 12.7. The smallest absolute Gasteiger partial charge is 0.251 e. The molecule has 2 atom stereocenters. The summed E-state index contributed by atoms with van der Waals surface area (Å²) in [6, 6.07) is 0. The zero-order chi connectivity index (χ0) is 20.7. The Morgan fingerprint density at radius 3 is 2.60 bits per heavy atom. The summed E-state index contributed by atoms with van der Waals surface area (Å²) < 4.78 is 0. The first-order chi connectivity index (χ1) is 14.7. The molecule has 0 radical (unpaired) electrons. The molecule has 1 aliphatic carbocycles. The van der Waals surface area contributed by atoms with Crippen molar-refractivity contribution in [3.05, 3.63) is 46.1 Å². The molecule has 5 heteroatoms. The Labute approximate surface area is 180 Å². The number of carbonyl (C=O) groups is 1. The van der Waals surface area contributed by atoms with Crippen LogP contribution in [0.3, 0.4) is 0 Å². The summed E-state index contributed by atoms with van der Waals surface area (Å²) in [5, 5.41) is 7.34. The number of amides is 1. The van der Waals surface area contributed by atoms with E-state index in [-0.39, 0.29) is 5.91 Å². The SMILES string of the molecule is CCC1=C(C2CC2C)CNC(N2CCCC3=C2NCC(C(=O)N2CCCCC2)=C3)=C1. The fourth-order valence-electron chi connectivity index (χ4n) is 5.59. The number of likely N-dealkylation sites (tertiary alicyclic amines) is 1. The van der Waals surface area contributed by atoms with E-state index >= 15 is 0 Å². The van der Waals surface area contributed by atoms with Crippen molar-refractivity contribution >= 4 is 5.91 Å². The van der Waals surface area contributed by atoms with Gasteiger partial charge in [-0.05, 0) is 85.7 Å². The van der Waals surface area contributed by atoms with E-state index in [4.69, 9.17) is 0 Å². The standard InChI is InChI=1S/C25H36N4O/c1-3-18-14-23(26-16-22(18)21-12-17(21)2)29-11-7-8-19-13-20(15-27-24(19)29)25(30)28-9-5-4-6-10-28/h13-14,17,21,26-27H,3-12,15-16H2,1-2H3. The highest BCUT2D eigenvalue weighted by Crippen LogP contribution is 2.46. The van der Waals surface area contributed by atoms with Crippen molar-refractivity contribution < 1.29 is 4.79 Å². The molecule has 1 saturated carbocycles. The van der Waals surface area contributed by atoms with Gasteiger partial charge in [0.1, 0.15) is 11.6 Å². The minimum Gasteiger partial charge on any atom is -0.368 e. The van der Waals surface area contributed by atoms with Crippen LogP contribution in [-0.2, 0) is 4.79 Å². The average molecular weight is 409 g/mol. The molecule has 2 N–H and O–H groups in total. The second kappa shape index (κ2) is 8.16. The van der Waals surface area contributed by atoms with Gasteiger partial charge in [0.05, 0.1) is 0 Å². The quantitative estimate of drug-likeness (QED) is 0.746. The molecular weight excluding hydrogens is 372 g/mol. The largest absolute Gasteiger partial charge is 0.368 e.